The molecule has 3 nitrogen and oxygen atoms in total. The molecule has 2 atom stereocenters. The van der Waals surface area contributed by atoms with Crippen molar-refractivity contribution in [1.82, 2.24) is 4.90 Å². The van der Waals surface area contributed by atoms with E-state index in [2.05, 4.69) is 17.0 Å². The Kier molecular flexibility index (Phi) is 4.06. The van der Waals surface area contributed by atoms with Crippen LogP contribution in [0.15, 0.2) is 24.3 Å². The number of fused-ring (bicyclic) bond motifs is 2. The zero-order valence-corrected chi connectivity index (χ0v) is 12.2. The summed E-state index contributed by atoms with van der Waals surface area (Å²) >= 11 is 0. The molecular weight excluding hydrogens is 250 g/mol. The number of benzene rings is 1. The quantitative estimate of drug-likeness (QED) is 0.845. The molecule has 3 rings (SSSR count). The molecule has 2 unspecified atom stereocenters. The van der Waals surface area contributed by atoms with Gasteiger partial charge in [0.15, 0.2) is 0 Å². The molecule has 1 aromatic rings. The number of nitrogens with zero attached hydrogens (tertiary/aromatic N) is 1. The minimum atomic E-state index is 0.473. The first-order valence-corrected chi connectivity index (χ1v) is 7.66. The van der Waals surface area contributed by atoms with Gasteiger partial charge < -0.3 is 4.74 Å². The van der Waals surface area contributed by atoms with Gasteiger partial charge in [0.25, 0.3) is 0 Å². The lowest BCUT2D eigenvalue weighted by atomic mass is 9.83. The van der Waals surface area contributed by atoms with E-state index in [0.717, 1.165) is 31.6 Å². The van der Waals surface area contributed by atoms with E-state index in [1.807, 2.05) is 12.1 Å². The summed E-state index contributed by atoms with van der Waals surface area (Å²) < 4.78 is 5.19. The number of ether oxygens (including phenoxy) is 1. The number of piperidine rings is 2. The number of rotatable bonds is 4. The monoisotopic (exact) mass is 273 g/mol. The third-order valence-electron chi connectivity index (χ3n) is 4.76. The number of hydrogen-bond acceptors (Lipinski definition) is 3. The van der Waals surface area contributed by atoms with Crippen molar-refractivity contribution in [2.45, 2.75) is 50.6 Å². The molecule has 2 aliphatic rings. The van der Waals surface area contributed by atoms with E-state index in [9.17, 15) is 4.79 Å². The van der Waals surface area contributed by atoms with Crippen molar-refractivity contribution < 1.29 is 9.53 Å². The summed E-state index contributed by atoms with van der Waals surface area (Å²) in [5.74, 6) is 1.38. The zero-order chi connectivity index (χ0) is 13.9. The number of Topliss-reactive ketones (excluding diaryl/α,β-unsaturated/α-hetero) is 1. The Bertz CT molecular complexity index is 452. The van der Waals surface area contributed by atoms with Crippen LogP contribution in [0.3, 0.4) is 0 Å². The fraction of sp³-hybridized carbons (Fsp3) is 0.588. The Labute approximate surface area is 120 Å². The molecule has 3 heteroatoms. The highest BCUT2D eigenvalue weighted by Gasteiger charge is 2.36. The van der Waals surface area contributed by atoms with Crippen LogP contribution in [-0.2, 0) is 11.2 Å². The van der Waals surface area contributed by atoms with Crippen LogP contribution in [0.25, 0.3) is 0 Å². The fourth-order valence-electron chi connectivity index (χ4n) is 3.68. The standard InChI is InChI=1S/C17H23NO2/c1-20-17-7-5-13(6-8-17)9-10-18-14-3-2-4-15(18)12-16(19)11-14/h5-8,14-15H,2-4,9-12H2,1H3. The lowest BCUT2D eigenvalue weighted by Gasteiger charge is -2.45. The van der Waals surface area contributed by atoms with Crippen molar-refractivity contribution in [1.29, 1.82) is 0 Å². The Morgan fingerprint density at radius 1 is 1.15 bits per heavy atom. The minimum Gasteiger partial charge on any atom is -0.497 e. The first-order valence-electron chi connectivity index (χ1n) is 7.66. The highest BCUT2D eigenvalue weighted by atomic mass is 16.5. The lowest BCUT2D eigenvalue weighted by Crippen LogP contribution is -2.52. The molecule has 2 bridgehead atoms. The molecule has 0 radical (unpaired) electrons. The zero-order valence-electron chi connectivity index (χ0n) is 12.2. The van der Waals surface area contributed by atoms with E-state index >= 15 is 0 Å². The molecule has 2 aliphatic heterocycles. The smallest absolute Gasteiger partial charge is 0.136 e. The molecule has 20 heavy (non-hydrogen) atoms. The first kappa shape index (κ1) is 13.6. The molecule has 2 fully saturated rings. The highest BCUT2D eigenvalue weighted by molar-refractivity contribution is 5.80. The van der Waals surface area contributed by atoms with Crippen molar-refractivity contribution in [3.8, 4) is 5.75 Å². The van der Waals surface area contributed by atoms with Crippen LogP contribution in [0.1, 0.15) is 37.7 Å². The van der Waals surface area contributed by atoms with E-state index in [4.69, 9.17) is 4.74 Å². The summed E-state index contributed by atoms with van der Waals surface area (Å²) in [4.78, 5) is 14.3. The second-order valence-corrected chi connectivity index (χ2v) is 6.02. The van der Waals surface area contributed by atoms with E-state index in [1.54, 1.807) is 7.11 Å². The van der Waals surface area contributed by atoms with Crippen molar-refractivity contribution in [3.05, 3.63) is 29.8 Å². The Morgan fingerprint density at radius 2 is 1.80 bits per heavy atom. The molecule has 2 heterocycles. The molecule has 1 aromatic carbocycles. The molecule has 0 saturated carbocycles. The van der Waals surface area contributed by atoms with Gasteiger partial charge in [-0.1, -0.05) is 18.6 Å². The van der Waals surface area contributed by atoms with Gasteiger partial charge in [0.05, 0.1) is 7.11 Å². The summed E-state index contributed by atoms with van der Waals surface area (Å²) in [6, 6.07) is 9.35. The Balaban J connectivity index is 1.61. The SMILES string of the molecule is COc1ccc(CCN2C3CCCC2CC(=O)C3)cc1. The maximum Gasteiger partial charge on any atom is 0.136 e. The summed E-state index contributed by atoms with van der Waals surface area (Å²) in [6.45, 7) is 1.08. The molecule has 108 valence electrons. The first-order chi connectivity index (χ1) is 9.76. The van der Waals surface area contributed by atoms with Gasteiger partial charge in [0.2, 0.25) is 0 Å². The van der Waals surface area contributed by atoms with Crippen LogP contribution in [0.5, 0.6) is 5.75 Å². The normalized spacial score (nSPS) is 26.6. The average molecular weight is 273 g/mol. The van der Waals surface area contributed by atoms with E-state index in [1.165, 1.54) is 24.8 Å². The van der Waals surface area contributed by atoms with Gasteiger partial charge in [-0.25, -0.2) is 0 Å². The topological polar surface area (TPSA) is 29.5 Å². The summed E-state index contributed by atoms with van der Waals surface area (Å²) in [6.07, 6.45) is 6.31. The number of ketones is 1. The average Bonchev–Trinajstić information content (AvgIpc) is 2.45. The van der Waals surface area contributed by atoms with Crippen LogP contribution >= 0.6 is 0 Å². The molecule has 0 spiro atoms. The molecule has 0 aromatic heterocycles. The number of hydrogen-bond donors (Lipinski definition) is 0. The second kappa shape index (κ2) is 5.96. The predicted octanol–water partition coefficient (Wildman–Crippen LogP) is 2.82. The predicted molar refractivity (Wildman–Crippen MR) is 79.1 cm³/mol. The van der Waals surface area contributed by atoms with E-state index in [0.29, 0.717) is 17.9 Å². The number of methoxy groups -OCH3 is 1. The minimum absolute atomic E-state index is 0.473. The maximum absolute atomic E-state index is 11.7. The van der Waals surface area contributed by atoms with Crippen LogP contribution in [-0.4, -0.2) is 36.4 Å². The molecular formula is C17H23NO2. The van der Waals surface area contributed by atoms with Crippen molar-refractivity contribution >= 4 is 5.78 Å². The summed E-state index contributed by atoms with van der Waals surface area (Å²) in [5.41, 5.74) is 1.35. The summed E-state index contributed by atoms with van der Waals surface area (Å²) in [5, 5.41) is 0. The van der Waals surface area contributed by atoms with Gasteiger partial charge in [0.1, 0.15) is 11.5 Å². The van der Waals surface area contributed by atoms with Gasteiger partial charge in [-0.3, -0.25) is 9.69 Å². The van der Waals surface area contributed by atoms with Crippen molar-refractivity contribution in [2.24, 2.45) is 0 Å². The second-order valence-electron chi connectivity index (χ2n) is 6.02. The van der Waals surface area contributed by atoms with Gasteiger partial charge in [-0.05, 0) is 37.0 Å². The van der Waals surface area contributed by atoms with E-state index in [-0.39, 0.29) is 0 Å². The van der Waals surface area contributed by atoms with Crippen molar-refractivity contribution in [2.75, 3.05) is 13.7 Å². The number of carbonyl (C=O) groups is 1. The highest BCUT2D eigenvalue weighted by Crippen LogP contribution is 2.32. The van der Waals surface area contributed by atoms with Crippen LogP contribution in [0.2, 0.25) is 0 Å². The van der Waals surface area contributed by atoms with Crippen molar-refractivity contribution in [3.63, 3.8) is 0 Å². The van der Waals surface area contributed by atoms with Crippen LogP contribution in [0, 0.1) is 0 Å². The fourth-order valence-corrected chi connectivity index (χ4v) is 3.68. The molecule has 0 aliphatic carbocycles. The lowest BCUT2D eigenvalue weighted by molar-refractivity contribution is -0.127. The third kappa shape index (κ3) is 2.88. The van der Waals surface area contributed by atoms with Crippen LogP contribution < -0.4 is 4.74 Å². The summed E-state index contributed by atoms with van der Waals surface area (Å²) in [7, 11) is 1.70. The Morgan fingerprint density at radius 3 is 2.40 bits per heavy atom. The largest absolute Gasteiger partial charge is 0.497 e. The third-order valence-corrected chi connectivity index (χ3v) is 4.76. The van der Waals surface area contributed by atoms with E-state index < -0.39 is 0 Å². The van der Waals surface area contributed by atoms with Gasteiger partial charge in [-0.2, -0.15) is 0 Å². The van der Waals surface area contributed by atoms with Crippen LogP contribution in [0.4, 0.5) is 0 Å². The van der Waals surface area contributed by atoms with Gasteiger partial charge in [0, 0.05) is 31.5 Å². The maximum atomic E-state index is 11.7. The number of carbonyl (C=O) groups excluding carboxylic acids is 1. The molecule has 0 amide bonds. The molecule has 2 saturated heterocycles. The Hall–Kier alpha value is -1.35. The van der Waals surface area contributed by atoms with Gasteiger partial charge >= 0.3 is 0 Å². The van der Waals surface area contributed by atoms with Gasteiger partial charge in [-0.15, -0.1) is 0 Å². The molecule has 0 N–H and O–H groups in total.